The van der Waals surface area contributed by atoms with Gasteiger partial charge in [-0.1, -0.05) is 0 Å². The van der Waals surface area contributed by atoms with Gasteiger partial charge in [-0.15, -0.1) is 0 Å². The molecule has 2 aliphatic rings. The molecule has 2 unspecified atom stereocenters. The highest BCUT2D eigenvalue weighted by molar-refractivity contribution is 5.91. The number of methoxy groups -OCH3 is 1. The molecule has 1 aliphatic carbocycles. The molecular formula is C13H20N2O5. The van der Waals surface area contributed by atoms with Gasteiger partial charge in [0.15, 0.2) is 6.04 Å². The maximum Gasteiger partial charge on any atom is 0.328 e. The minimum absolute atomic E-state index is 0.0179. The van der Waals surface area contributed by atoms with Crippen molar-refractivity contribution < 1.29 is 24.2 Å². The first-order valence-electron chi connectivity index (χ1n) is 6.81. The van der Waals surface area contributed by atoms with Crippen molar-refractivity contribution in [1.29, 1.82) is 0 Å². The quantitative estimate of drug-likeness (QED) is 0.654. The largest absolute Gasteiger partial charge is 0.480 e. The number of carbonyl (C=O) groups is 3. The van der Waals surface area contributed by atoms with Gasteiger partial charge < -0.3 is 20.1 Å². The number of rotatable bonds is 7. The summed E-state index contributed by atoms with van der Waals surface area (Å²) in [6, 6.07) is -1.07. The lowest BCUT2D eigenvalue weighted by Crippen LogP contribution is -2.46. The maximum absolute atomic E-state index is 12.0. The van der Waals surface area contributed by atoms with Gasteiger partial charge in [-0.05, 0) is 18.8 Å². The van der Waals surface area contributed by atoms with Crippen LogP contribution in [0.4, 0.5) is 0 Å². The van der Waals surface area contributed by atoms with Crippen LogP contribution >= 0.6 is 0 Å². The summed E-state index contributed by atoms with van der Waals surface area (Å²) in [4.78, 5) is 36.5. The molecular weight excluding hydrogens is 264 g/mol. The molecule has 2 amide bonds. The van der Waals surface area contributed by atoms with Gasteiger partial charge in [-0.25, -0.2) is 4.79 Å². The smallest absolute Gasteiger partial charge is 0.328 e. The number of aliphatic carboxylic acids is 1. The Labute approximate surface area is 117 Å². The van der Waals surface area contributed by atoms with Crippen molar-refractivity contribution in [2.75, 3.05) is 26.8 Å². The summed E-state index contributed by atoms with van der Waals surface area (Å²) in [5, 5.41) is 11.4. The third-order valence-corrected chi connectivity index (χ3v) is 3.71. The second-order valence-electron chi connectivity index (χ2n) is 5.50. The van der Waals surface area contributed by atoms with Crippen LogP contribution in [-0.4, -0.2) is 60.6 Å². The van der Waals surface area contributed by atoms with Crippen molar-refractivity contribution in [1.82, 2.24) is 10.2 Å². The van der Waals surface area contributed by atoms with Crippen LogP contribution in [0.25, 0.3) is 0 Å². The summed E-state index contributed by atoms with van der Waals surface area (Å²) in [5.41, 5.74) is 0. The van der Waals surface area contributed by atoms with Crippen molar-refractivity contribution in [3.05, 3.63) is 0 Å². The number of likely N-dealkylation sites (tertiary alicyclic amines) is 1. The van der Waals surface area contributed by atoms with E-state index in [9.17, 15) is 14.4 Å². The number of hydrogen-bond acceptors (Lipinski definition) is 4. The number of carbonyl (C=O) groups excluding carboxylic acids is 2. The zero-order valence-corrected chi connectivity index (χ0v) is 11.5. The molecule has 0 bridgehead atoms. The van der Waals surface area contributed by atoms with Gasteiger partial charge in [0, 0.05) is 26.6 Å². The minimum atomic E-state index is -1.14. The van der Waals surface area contributed by atoms with Gasteiger partial charge in [0.25, 0.3) is 0 Å². The van der Waals surface area contributed by atoms with Gasteiger partial charge in [-0.2, -0.15) is 0 Å². The first-order valence-corrected chi connectivity index (χ1v) is 6.81. The number of carboxylic acids is 1. The van der Waals surface area contributed by atoms with E-state index in [4.69, 9.17) is 9.84 Å². The molecule has 2 N–H and O–H groups in total. The molecule has 1 aliphatic heterocycles. The molecule has 2 fully saturated rings. The summed E-state index contributed by atoms with van der Waals surface area (Å²) < 4.78 is 4.76. The Bertz CT molecular complexity index is 408. The predicted molar refractivity (Wildman–Crippen MR) is 68.9 cm³/mol. The average Bonchev–Trinajstić information content (AvgIpc) is 3.12. The Hall–Kier alpha value is -1.63. The highest BCUT2D eigenvalue weighted by Gasteiger charge is 2.38. The molecule has 0 radical (unpaired) electrons. The van der Waals surface area contributed by atoms with E-state index in [1.165, 1.54) is 7.11 Å². The zero-order valence-electron chi connectivity index (χ0n) is 11.5. The van der Waals surface area contributed by atoms with Crippen LogP contribution in [0.2, 0.25) is 0 Å². The van der Waals surface area contributed by atoms with Crippen LogP contribution < -0.4 is 5.32 Å². The lowest BCUT2D eigenvalue weighted by molar-refractivity contribution is -0.143. The Morgan fingerprint density at radius 2 is 2.20 bits per heavy atom. The van der Waals surface area contributed by atoms with Gasteiger partial charge in [0.05, 0.1) is 12.5 Å². The van der Waals surface area contributed by atoms with E-state index in [2.05, 4.69) is 5.32 Å². The van der Waals surface area contributed by atoms with Gasteiger partial charge >= 0.3 is 5.97 Å². The fourth-order valence-corrected chi connectivity index (χ4v) is 2.37. The molecule has 0 aromatic rings. The summed E-state index contributed by atoms with van der Waals surface area (Å²) >= 11 is 0. The van der Waals surface area contributed by atoms with Gasteiger partial charge in [-0.3, -0.25) is 9.59 Å². The SMILES string of the molecule is COCC(NC(=O)C1CC(=O)N(CC2CC2)C1)C(=O)O. The van der Waals surface area contributed by atoms with Crippen LogP contribution in [0.5, 0.6) is 0 Å². The number of nitrogens with one attached hydrogen (secondary N) is 1. The first kappa shape index (κ1) is 14.8. The molecule has 7 heteroatoms. The van der Waals surface area contributed by atoms with Crippen molar-refractivity contribution in [3.8, 4) is 0 Å². The zero-order chi connectivity index (χ0) is 14.7. The normalized spacial score (nSPS) is 23.8. The van der Waals surface area contributed by atoms with Crippen molar-refractivity contribution >= 4 is 17.8 Å². The molecule has 1 saturated heterocycles. The second-order valence-corrected chi connectivity index (χ2v) is 5.50. The molecule has 1 saturated carbocycles. The Morgan fingerprint density at radius 3 is 2.75 bits per heavy atom. The molecule has 2 atom stereocenters. The van der Waals surface area contributed by atoms with E-state index < -0.39 is 17.9 Å². The van der Waals surface area contributed by atoms with Crippen molar-refractivity contribution in [3.63, 3.8) is 0 Å². The number of amides is 2. The van der Waals surface area contributed by atoms with E-state index in [1.807, 2.05) is 0 Å². The van der Waals surface area contributed by atoms with E-state index in [-0.39, 0.29) is 24.8 Å². The summed E-state index contributed by atoms with van der Waals surface area (Å²) in [6.45, 7) is 1.02. The number of hydrogen-bond donors (Lipinski definition) is 2. The molecule has 0 spiro atoms. The standard InChI is InChI=1S/C13H20N2O5/c1-20-7-10(13(18)19)14-12(17)9-4-11(16)15(6-9)5-8-2-3-8/h8-10H,2-7H2,1H3,(H,14,17)(H,18,19). The third kappa shape index (κ3) is 3.69. The highest BCUT2D eigenvalue weighted by Crippen LogP contribution is 2.31. The molecule has 0 aromatic heterocycles. The molecule has 112 valence electrons. The first-order chi connectivity index (χ1) is 9.51. The maximum atomic E-state index is 12.0. The average molecular weight is 284 g/mol. The third-order valence-electron chi connectivity index (χ3n) is 3.71. The minimum Gasteiger partial charge on any atom is -0.480 e. The lowest BCUT2D eigenvalue weighted by Gasteiger charge is -2.18. The topological polar surface area (TPSA) is 95.9 Å². The van der Waals surface area contributed by atoms with Gasteiger partial charge in [0.1, 0.15) is 0 Å². The number of carboxylic acid groups (broad SMARTS) is 1. The Morgan fingerprint density at radius 1 is 1.50 bits per heavy atom. The van der Waals surface area contributed by atoms with E-state index in [1.54, 1.807) is 4.90 Å². The lowest BCUT2D eigenvalue weighted by atomic mass is 10.1. The van der Waals surface area contributed by atoms with E-state index in [0.29, 0.717) is 12.5 Å². The highest BCUT2D eigenvalue weighted by atomic mass is 16.5. The van der Waals surface area contributed by atoms with Crippen LogP contribution in [0, 0.1) is 11.8 Å². The Kier molecular flexibility index (Phi) is 4.59. The molecule has 2 rings (SSSR count). The van der Waals surface area contributed by atoms with Crippen molar-refractivity contribution in [2.24, 2.45) is 11.8 Å². The van der Waals surface area contributed by atoms with Gasteiger partial charge in [0.2, 0.25) is 11.8 Å². The summed E-state index contributed by atoms with van der Waals surface area (Å²) in [6.07, 6.45) is 2.46. The van der Waals surface area contributed by atoms with Crippen LogP contribution in [0.15, 0.2) is 0 Å². The Balaban J connectivity index is 1.85. The monoisotopic (exact) mass is 284 g/mol. The summed E-state index contributed by atoms with van der Waals surface area (Å²) in [5.74, 6) is -1.42. The molecule has 20 heavy (non-hydrogen) atoms. The summed E-state index contributed by atoms with van der Waals surface area (Å²) in [7, 11) is 1.37. The molecule has 1 heterocycles. The fraction of sp³-hybridized carbons (Fsp3) is 0.769. The van der Waals surface area contributed by atoms with Crippen molar-refractivity contribution in [2.45, 2.75) is 25.3 Å². The van der Waals surface area contributed by atoms with Crippen LogP contribution in [0.1, 0.15) is 19.3 Å². The second kappa shape index (κ2) is 6.21. The van der Waals surface area contributed by atoms with Crippen LogP contribution in [-0.2, 0) is 19.1 Å². The predicted octanol–water partition coefficient (Wildman–Crippen LogP) is -0.539. The van der Waals surface area contributed by atoms with E-state index in [0.717, 1.165) is 19.4 Å². The molecule has 0 aromatic carbocycles. The number of nitrogens with zero attached hydrogens (tertiary/aromatic N) is 1. The number of ether oxygens (including phenoxy) is 1. The fourth-order valence-electron chi connectivity index (χ4n) is 2.37. The van der Waals surface area contributed by atoms with E-state index >= 15 is 0 Å². The molecule has 7 nitrogen and oxygen atoms in total. The van der Waals surface area contributed by atoms with Crippen LogP contribution in [0.3, 0.4) is 0 Å².